The summed E-state index contributed by atoms with van der Waals surface area (Å²) < 4.78 is 7.37. The van der Waals surface area contributed by atoms with Gasteiger partial charge in [-0.05, 0) is 39.8 Å². The van der Waals surface area contributed by atoms with Crippen molar-refractivity contribution in [3.05, 3.63) is 30.0 Å². The van der Waals surface area contributed by atoms with Gasteiger partial charge in [0.2, 0.25) is 5.91 Å². The largest absolute Gasteiger partial charge is 0.467 e. The van der Waals surface area contributed by atoms with Crippen molar-refractivity contribution in [2.45, 2.75) is 70.0 Å². The lowest BCUT2D eigenvalue weighted by Crippen LogP contribution is -2.49. The molecule has 2 aromatic heterocycles. The fraction of sp³-hybridized carbons (Fsp3) is 0.556. The molecule has 0 saturated carbocycles. The van der Waals surface area contributed by atoms with Gasteiger partial charge in [-0.2, -0.15) is 0 Å². The lowest BCUT2D eigenvalue weighted by atomic mass is 10.1. The number of nitrogens with zero attached hydrogens (tertiary/aromatic N) is 3. The molecule has 3 amide bonds. The standard InChI is InChI=1S/C18H27N5O3S/c1-11(2)14-21-22-17(23(14)10-13-8-7-9-26-13)27-12(3)15(24)19-16(25)20-18(4,5)6/h7-9,11-12H,10H2,1-6H3,(H2,19,20,24,25). The normalized spacial score (nSPS) is 12.9. The Morgan fingerprint density at radius 2 is 1.96 bits per heavy atom. The molecule has 0 aromatic carbocycles. The Morgan fingerprint density at radius 3 is 2.52 bits per heavy atom. The first-order valence-corrected chi connectivity index (χ1v) is 9.70. The molecular formula is C18H27N5O3S. The smallest absolute Gasteiger partial charge is 0.321 e. The van der Waals surface area contributed by atoms with Gasteiger partial charge in [-0.3, -0.25) is 14.7 Å². The molecule has 0 aliphatic heterocycles. The Bertz CT molecular complexity index is 778. The van der Waals surface area contributed by atoms with Crippen molar-refractivity contribution in [3.63, 3.8) is 0 Å². The average Bonchev–Trinajstić information content (AvgIpc) is 3.16. The second-order valence-electron chi connectivity index (χ2n) is 7.61. The van der Waals surface area contributed by atoms with Gasteiger partial charge in [0.15, 0.2) is 5.16 Å². The van der Waals surface area contributed by atoms with Crippen LogP contribution in [0.4, 0.5) is 4.79 Å². The number of imide groups is 1. The molecule has 0 fully saturated rings. The molecule has 2 N–H and O–H groups in total. The number of hydrogen-bond donors (Lipinski definition) is 2. The molecule has 1 atom stereocenters. The van der Waals surface area contributed by atoms with E-state index in [0.717, 1.165) is 11.6 Å². The minimum Gasteiger partial charge on any atom is -0.467 e. The average molecular weight is 394 g/mol. The number of nitrogens with one attached hydrogen (secondary N) is 2. The number of urea groups is 1. The summed E-state index contributed by atoms with van der Waals surface area (Å²) in [6.07, 6.45) is 1.62. The van der Waals surface area contributed by atoms with E-state index in [2.05, 4.69) is 20.8 Å². The number of aromatic nitrogens is 3. The van der Waals surface area contributed by atoms with Crippen LogP contribution in [0.1, 0.15) is 59.0 Å². The fourth-order valence-electron chi connectivity index (χ4n) is 2.32. The van der Waals surface area contributed by atoms with Crippen molar-refractivity contribution >= 4 is 23.7 Å². The van der Waals surface area contributed by atoms with E-state index in [0.29, 0.717) is 11.7 Å². The minimum atomic E-state index is -0.518. The van der Waals surface area contributed by atoms with Crippen molar-refractivity contribution in [3.8, 4) is 0 Å². The molecule has 0 spiro atoms. The van der Waals surface area contributed by atoms with Crippen LogP contribution in [-0.4, -0.2) is 37.5 Å². The lowest BCUT2D eigenvalue weighted by molar-refractivity contribution is -0.119. The fourth-order valence-corrected chi connectivity index (χ4v) is 3.17. The van der Waals surface area contributed by atoms with Crippen molar-refractivity contribution in [2.24, 2.45) is 0 Å². The monoisotopic (exact) mass is 393 g/mol. The van der Waals surface area contributed by atoms with Crippen LogP contribution in [0.25, 0.3) is 0 Å². The first-order valence-electron chi connectivity index (χ1n) is 8.82. The van der Waals surface area contributed by atoms with Gasteiger partial charge in [-0.1, -0.05) is 25.6 Å². The van der Waals surface area contributed by atoms with E-state index in [1.54, 1.807) is 13.2 Å². The maximum atomic E-state index is 12.3. The Morgan fingerprint density at radius 1 is 1.26 bits per heavy atom. The number of thioether (sulfide) groups is 1. The molecule has 0 saturated heterocycles. The van der Waals surface area contributed by atoms with E-state index in [1.165, 1.54) is 11.8 Å². The van der Waals surface area contributed by atoms with Gasteiger partial charge in [-0.15, -0.1) is 10.2 Å². The highest BCUT2D eigenvalue weighted by Gasteiger charge is 2.24. The van der Waals surface area contributed by atoms with E-state index in [-0.39, 0.29) is 11.8 Å². The molecule has 2 heterocycles. The second kappa shape index (κ2) is 8.60. The van der Waals surface area contributed by atoms with E-state index >= 15 is 0 Å². The van der Waals surface area contributed by atoms with Gasteiger partial charge in [0, 0.05) is 11.5 Å². The molecule has 148 valence electrons. The number of furan rings is 1. The topological polar surface area (TPSA) is 102 Å². The summed E-state index contributed by atoms with van der Waals surface area (Å²) in [6, 6.07) is 3.19. The molecule has 0 aliphatic carbocycles. The molecule has 1 unspecified atom stereocenters. The van der Waals surface area contributed by atoms with Crippen LogP contribution >= 0.6 is 11.8 Å². The van der Waals surface area contributed by atoms with E-state index in [1.807, 2.05) is 51.3 Å². The molecule has 9 heteroatoms. The summed E-state index contributed by atoms with van der Waals surface area (Å²) in [7, 11) is 0. The van der Waals surface area contributed by atoms with Gasteiger partial charge in [-0.25, -0.2) is 4.79 Å². The van der Waals surface area contributed by atoms with Gasteiger partial charge in [0.05, 0.1) is 18.1 Å². The number of carbonyl (C=O) groups is 2. The third-order valence-corrected chi connectivity index (χ3v) is 4.61. The second-order valence-corrected chi connectivity index (χ2v) is 8.92. The summed E-state index contributed by atoms with van der Waals surface area (Å²) in [4.78, 5) is 24.2. The number of rotatable bonds is 6. The Kier molecular flexibility index (Phi) is 6.69. The molecule has 0 bridgehead atoms. The van der Waals surface area contributed by atoms with E-state index in [9.17, 15) is 9.59 Å². The Balaban J connectivity index is 2.09. The van der Waals surface area contributed by atoms with Gasteiger partial charge < -0.3 is 9.73 Å². The van der Waals surface area contributed by atoms with Gasteiger partial charge in [0.1, 0.15) is 11.6 Å². The third kappa shape index (κ3) is 6.13. The number of carbonyl (C=O) groups excluding carboxylic acids is 2. The first-order chi connectivity index (χ1) is 12.6. The minimum absolute atomic E-state index is 0.170. The van der Waals surface area contributed by atoms with Crippen molar-refractivity contribution < 1.29 is 14.0 Å². The molecule has 2 aromatic rings. The predicted molar refractivity (Wildman–Crippen MR) is 104 cm³/mol. The maximum Gasteiger partial charge on any atom is 0.321 e. The highest BCUT2D eigenvalue weighted by atomic mass is 32.2. The Hall–Kier alpha value is -2.29. The highest BCUT2D eigenvalue weighted by molar-refractivity contribution is 8.00. The zero-order chi connectivity index (χ0) is 20.2. The molecule has 0 radical (unpaired) electrons. The summed E-state index contributed by atoms with van der Waals surface area (Å²) in [5.74, 6) is 1.37. The van der Waals surface area contributed by atoms with Crippen LogP contribution in [0.15, 0.2) is 28.0 Å². The van der Waals surface area contributed by atoms with E-state index in [4.69, 9.17) is 4.42 Å². The summed E-state index contributed by atoms with van der Waals surface area (Å²) in [5.41, 5.74) is -0.421. The number of amides is 3. The van der Waals surface area contributed by atoms with Crippen LogP contribution in [0.5, 0.6) is 0 Å². The van der Waals surface area contributed by atoms with Gasteiger partial charge >= 0.3 is 6.03 Å². The van der Waals surface area contributed by atoms with Crippen molar-refractivity contribution in [1.82, 2.24) is 25.4 Å². The number of hydrogen-bond acceptors (Lipinski definition) is 6. The quantitative estimate of drug-likeness (QED) is 0.731. The SMILES string of the molecule is CC(Sc1nnc(C(C)C)n1Cc1ccco1)C(=O)NC(=O)NC(C)(C)C. The van der Waals surface area contributed by atoms with Crippen LogP contribution < -0.4 is 10.6 Å². The molecule has 27 heavy (non-hydrogen) atoms. The first kappa shape index (κ1) is 21.0. The van der Waals surface area contributed by atoms with Crippen LogP contribution in [0.2, 0.25) is 0 Å². The summed E-state index contributed by atoms with van der Waals surface area (Å²) >= 11 is 1.25. The predicted octanol–water partition coefficient (Wildman–Crippen LogP) is 3.15. The van der Waals surface area contributed by atoms with Crippen LogP contribution in [-0.2, 0) is 11.3 Å². The highest BCUT2D eigenvalue weighted by Crippen LogP contribution is 2.26. The van der Waals surface area contributed by atoms with Crippen LogP contribution in [0.3, 0.4) is 0 Å². The van der Waals surface area contributed by atoms with Crippen molar-refractivity contribution in [1.29, 1.82) is 0 Å². The molecular weight excluding hydrogens is 366 g/mol. The molecule has 8 nitrogen and oxygen atoms in total. The summed E-state index contributed by atoms with van der Waals surface area (Å²) in [6.45, 7) is 11.8. The van der Waals surface area contributed by atoms with Crippen molar-refractivity contribution in [2.75, 3.05) is 0 Å². The zero-order valence-electron chi connectivity index (χ0n) is 16.6. The lowest BCUT2D eigenvalue weighted by Gasteiger charge is -2.21. The Labute approximate surface area is 163 Å². The zero-order valence-corrected chi connectivity index (χ0v) is 17.4. The van der Waals surface area contributed by atoms with Gasteiger partial charge in [0.25, 0.3) is 0 Å². The maximum absolute atomic E-state index is 12.3. The van der Waals surface area contributed by atoms with Crippen LogP contribution in [0, 0.1) is 0 Å². The van der Waals surface area contributed by atoms with E-state index < -0.39 is 16.8 Å². The molecule has 2 rings (SSSR count). The summed E-state index contributed by atoms with van der Waals surface area (Å²) in [5, 5.41) is 13.6. The molecule has 0 aliphatic rings. The third-order valence-electron chi connectivity index (χ3n) is 3.53.